The lowest BCUT2D eigenvalue weighted by atomic mass is 10.0. The molecule has 0 aliphatic carbocycles. The molecule has 0 saturated heterocycles. The van der Waals surface area contributed by atoms with Crippen LogP contribution in [0.3, 0.4) is 0 Å². The van der Waals surface area contributed by atoms with Crippen molar-refractivity contribution in [3.63, 3.8) is 0 Å². The van der Waals surface area contributed by atoms with Gasteiger partial charge < -0.3 is 10.1 Å². The van der Waals surface area contributed by atoms with Crippen LogP contribution >= 0.6 is 11.3 Å². The molecule has 4 nitrogen and oxygen atoms in total. The van der Waals surface area contributed by atoms with Crippen LogP contribution in [0, 0.1) is 0 Å². The maximum absolute atomic E-state index is 12.6. The fourth-order valence-electron chi connectivity index (χ4n) is 2.85. The Bertz CT molecular complexity index is 833. The molecule has 1 aromatic heterocycles. The van der Waals surface area contributed by atoms with Gasteiger partial charge in [0.2, 0.25) is 5.91 Å². The zero-order chi connectivity index (χ0) is 19.1. The first-order valence-corrected chi connectivity index (χ1v) is 9.80. The molecule has 3 rings (SSSR count). The molecule has 0 saturated carbocycles. The summed E-state index contributed by atoms with van der Waals surface area (Å²) in [7, 11) is 1.64. The molecular weight excluding hydrogens is 356 g/mol. The van der Waals surface area contributed by atoms with Crippen molar-refractivity contribution in [2.45, 2.75) is 25.6 Å². The number of benzene rings is 2. The van der Waals surface area contributed by atoms with Gasteiger partial charge in [-0.2, -0.15) is 0 Å². The molecule has 2 N–H and O–H groups in total. The lowest BCUT2D eigenvalue weighted by Gasteiger charge is -2.22. The van der Waals surface area contributed by atoms with E-state index in [1.807, 2.05) is 55.5 Å². The second-order valence-corrected chi connectivity index (χ2v) is 7.29. The van der Waals surface area contributed by atoms with Crippen molar-refractivity contribution in [2.24, 2.45) is 0 Å². The molecule has 1 amide bonds. The average molecular weight is 381 g/mol. The highest BCUT2D eigenvalue weighted by molar-refractivity contribution is 7.10. The number of nitrogens with one attached hydrogen (secondary N) is 2. The van der Waals surface area contributed by atoms with Crippen LogP contribution < -0.4 is 15.4 Å². The van der Waals surface area contributed by atoms with Gasteiger partial charge in [0.1, 0.15) is 5.75 Å². The number of carbonyl (C=O) groups is 1. The van der Waals surface area contributed by atoms with E-state index < -0.39 is 0 Å². The van der Waals surface area contributed by atoms with Crippen molar-refractivity contribution in [1.82, 2.24) is 10.6 Å². The van der Waals surface area contributed by atoms with Gasteiger partial charge >= 0.3 is 0 Å². The molecule has 140 valence electrons. The van der Waals surface area contributed by atoms with Gasteiger partial charge in [-0.05, 0) is 41.6 Å². The van der Waals surface area contributed by atoms with Gasteiger partial charge in [0.25, 0.3) is 0 Å². The largest absolute Gasteiger partial charge is 0.497 e. The summed E-state index contributed by atoms with van der Waals surface area (Å²) in [6.45, 7) is 2.39. The summed E-state index contributed by atoms with van der Waals surface area (Å²) in [6, 6.07) is 21.7. The first kappa shape index (κ1) is 19.1. The molecule has 0 radical (unpaired) electrons. The lowest BCUT2D eigenvalue weighted by Crippen LogP contribution is -2.43. The number of hydrogen-bond donors (Lipinski definition) is 2. The third-order valence-corrected chi connectivity index (χ3v) is 5.33. The summed E-state index contributed by atoms with van der Waals surface area (Å²) in [6.07, 6.45) is 0. The number of amides is 1. The minimum Gasteiger partial charge on any atom is -0.497 e. The third kappa shape index (κ3) is 5.18. The predicted molar refractivity (Wildman–Crippen MR) is 110 cm³/mol. The monoisotopic (exact) mass is 380 g/mol. The molecule has 0 fully saturated rings. The standard InChI is InChI=1S/C22H24N2O2S/c1-16(22(25)23-15-17-10-12-19(26-2)13-11-17)24-21(20-9-6-14-27-20)18-7-4-3-5-8-18/h3-14,16,21,24H,15H2,1-2H3,(H,23,25)/t16-,21-/m1/s1. The molecule has 5 heteroatoms. The zero-order valence-corrected chi connectivity index (χ0v) is 16.3. The van der Waals surface area contributed by atoms with E-state index in [2.05, 4.69) is 34.2 Å². The van der Waals surface area contributed by atoms with Gasteiger partial charge in [0, 0.05) is 11.4 Å². The first-order chi connectivity index (χ1) is 13.2. The minimum absolute atomic E-state index is 0.00654. The Labute approximate surface area is 164 Å². The number of methoxy groups -OCH3 is 1. The number of carbonyl (C=O) groups excluding carboxylic acids is 1. The average Bonchev–Trinajstić information content (AvgIpc) is 3.25. The molecule has 0 spiro atoms. The van der Waals surface area contributed by atoms with Gasteiger partial charge in [-0.1, -0.05) is 48.5 Å². The molecule has 0 aliphatic rings. The minimum atomic E-state index is -0.324. The van der Waals surface area contributed by atoms with E-state index in [0.717, 1.165) is 16.9 Å². The third-order valence-electron chi connectivity index (χ3n) is 4.40. The second kappa shape index (κ2) is 9.35. The second-order valence-electron chi connectivity index (χ2n) is 6.31. The number of ether oxygens (including phenoxy) is 1. The molecule has 1 heterocycles. The van der Waals surface area contributed by atoms with Crippen LogP contribution in [0.1, 0.15) is 29.0 Å². The van der Waals surface area contributed by atoms with E-state index in [0.29, 0.717) is 6.54 Å². The summed E-state index contributed by atoms with van der Waals surface area (Å²) >= 11 is 1.69. The molecule has 0 aliphatic heterocycles. The van der Waals surface area contributed by atoms with Gasteiger partial charge in [0.05, 0.1) is 19.2 Å². The summed E-state index contributed by atoms with van der Waals surface area (Å²) in [5, 5.41) is 8.52. The topological polar surface area (TPSA) is 50.4 Å². The first-order valence-electron chi connectivity index (χ1n) is 8.92. The Kier molecular flexibility index (Phi) is 6.63. The summed E-state index contributed by atoms with van der Waals surface area (Å²) in [5.74, 6) is 0.782. The molecular formula is C22H24N2O2S. The van der Waals surface area contributed by atoms with Crippen molar-refractivity contribution in [1.29, 1.82) is 0 Å². The van der Waals surface area contributed by atoms with E-state index in [9.17, 15) is 4.79 Å². The number of rotatable bonds is 8. The van der Waals surface area contributed by atoms with Crippen LogP contribution in [0.25, 0.3) is 0 Å². The lowest BCUT2D eigenvalue weighted by molar-refractivity contribution is -0.123. The van der Waals surface area contributed by atoms with Crippen LogP contribution in [-0.2, 0) is 11.3 Å². The van der Waals surface area contributed by atoms with E-state index in [4.69, 9.17) is 4.74 Å². The highest BCUT2D eigenvalue weighted by Crippen LogP contribution is 2.26. The van der Waals surface area contributed by atoms with Crippen molar-refractivity contribution >= 4 is 17.2 Å². The van der Waals surface area contributed by atoms with Crippen molar-refractivity contribution < 1.29 is 9.53 Å². The highest BCUT2D eigenvalue weighted by atomic mass is 32.1. The fraction of sp³-hybridized carbons (Fsp3) is 0.227. The quantitative estimate of drug-likeness (QED) is 0.617. The van der Waals surface area contributed by atoms with Gasteiger partial charge in [-0.15, -0.1) is 11.3 Å². The van der Waals surface area contributed by atoms with Gasteiger partial charge in [-0.25, -0.2) is 0 Å². The Hall–Kier alpha value is -2.63. The summed E-state index contributed by atoms with van der Waals surface area (Å²) in [4.78, 5) is 13.8. The molecule has 3 aromatic rings. The van der Waals surface area contributed by atoms with E-state index in [1.54, 1.807) is 18.4 Å². The molecule has 0 bridgehead atoms. The number of hydrogen-bond acceptors (Lipinski definition) is 4. The van der Waals surface area contributed by atoms with Crippen LogP contribution in [0.15, 0.2) is 72.1 Å². The molecule has 27 heavy (non-hydrogen) atoms. The predicted octanol–water partition coefficient (Wildman–Crippen LogP) is 4.14. The van der Waals surface area contributed by atoms with Gasteiger partial charge in [-0.3, -0.25) is 10.1 Å². The Morgan fingerprint density at radius 2 is 1.78 bits per heavy atom. The normalized spacial score (nSPS) is 13.0. The van der Waals surface area contributed by atoms with E-state index in [1.165, 1.54) is 4.88 Å². The Morgan fingerprint density at radius 3 is 2.41 bits per heavy atom. The van der Waals surface area contributed by atoms with E-state index in [-0.39, 0.29) is 18.0 Å². The molecule has 2 atom stereocenters. The summed E-state index contributed by atoms with van der Waals surface area (Å²) < 4.78 is 5.16. The van der Waals surface area contributed by atoms with Crippen LogP contribution in [0.4, 0.5) is 0 Å². The highest BCUT2D eigenvalue weighted by Gasteiger charge is 2.21. The number of thiophene rings is 1. The van der Waals surface area contributed by atoms with Crippen molar-refractivity contribution in [3.05, 3.63) is 88.1 Å². The SMILES string of the molecule is COc1ccc(CNC(=O)[C@@H](C)N[C@H](c2ccccc2)c2cccs2)cc1. The van der Waals surface area contributed by atoms with Crippen molar-refractivity contribution in [2.75, 3.05) is 7.11 Å². The van der Waals surface area contributed by atoms with Crippen LogP contribution in [0.5, 0.6) is 5.75 Å². The fourth-order valence-corrected chi connectivity index (χ4v) is 3.67. The van der Waals surface area contributed by atoms with Gasteiger partial charge in [0.15, 0.2) is 0 Å². The molecule has 0 unspecified atom stereocenters. The zero-order valence-electron chi connectivity index (χ0n) is 15.5. The van der Waals surface area contributed by atoms with Crippen molar-refractivity contribution in [3.8, 4) is 5.75 Å². The Balaban J connectivity index is 1.62. The smallest absolute Gasteiger partial charge is 0.237 e. The molecule has 2 aromatic carbocycles. The maximum atomic E-state index is 12.6. The van der Waals surface area contributed by atoms with Crippen LogP contribution in [0.2, 0.25) is 0 Å². The van der Waals surface area contributed by atoms with E-state index >= 15 is 0 Å². The Morgan fingerprint density at radius 1 is 1.04 bits per heavy atom. The summed E-state index contributed by atoms with van der Waals surface area (Å²) in [5.41, 5.74) is 2.18. The van der Waals surface area contributed by atoms with Crippen LogP contribution in [-0.4, -0.2) is 19.1 Å². The maximum Gasteiger partial charge on any atom is 0.237 e.